The summed E-state index contributed by atoms with van der Waals surface area (Å²) in [5.41, 5.74) is 1.67. The lowest BCUT2D eigenvalue weighted by Crippen LogP contribution is -2.48. The van der Waals surface area contributed by atoms with Crippen molar-refractivity contribution in [2.45, 2.75) is 58.3 Å². The molecule has 1 aliphatic rings. The Labute approximate surface area is 304 Å². The number of anilines is 3. The van der Waals surface area contributed by atoms with E-state index in [-0.39, 0.29) is 43.3 Å². The van der Waals surface area contributed by atoms with Crippen molar-refractivity contribution in [1.29, 1.82) is 0 Å². The van der Waals surface area contributed by atoms with Gasteiger partial charge in [0.2, 0.25) is 0 Å². The molecule has 0 bridgehead atoms. The van der Waals surface area contributed by atoms with Crippen molar-refractivity contribution in [3.8, 4) is 5.75 Å². The number of benzene rings is 4. The third-order valence-corrected chi connectivity index (χ3v) is 9.24. The number of likely N-dealkylation sites (N-methyl/N-ethyl adjacent to an activating group) is 1. The third kappa shape index (κ3) is 9.98. The van der Waals surface area contributed by atoms with Crippen molar-refractivity contribution >= 4 is 45.8 Å². The van der Waals surface area contributed by atoms with Crippen LogP contribution in [0.4, 0.5) is 31.0 Å². The SMILES string of the molecule is C[C@@H]1CCCCO[C@H](CN(C)C(=O)Nc2cccc3ccccc23)[C@H](C)CN([C@@H](C)CO)C(=O)c2cc(NC(=O)Nc3ccc(F)cc3)ccc2O1. The molecule has 0 aliphatic carbocycles. The summed E-state index contributed by atoms with van der Waals surface area (Å²) in [5.74, 6) is -0.705. The van der Waals surface area contributed by atoms with E-state index in [2.05, 4.69) is 16.0 Å². The van der Waals surface area contributed by atoms with E-state index in [0.717, 1.165) is 23.6 Å². The van der Waals surface area contributed by atoms with E-state index >= 15 is 0 Å². The number of carbonyl (C=O) groups is 3. The molecule has 0 saturated carbocycles. The van der Waals surface area contributed by atoms with Gasteiger partial charge < -0.3 is 40.3 Å². The largest absolute Gasteiger partial charge is 0.490 e. The van der Waals surface area contributed by atoms with Gasteiger partial charge in [-0.2, -0.15) is 0 Å². The van der Waals surface area contributed by atoms with Crippen LogP contribution in [0.3, 0.4) is 0 Å². The van der Waals surface area contributed by atoms with Gasteiger partial charge in [-0.1, -0.05) is 43.3 Å². The summed E-state index contributed by atoms with van der Waals surface area (Å²) in [6.07, 6.45) is 1.65. The fourth-order valence-corrected chi connectivity index (χ4v) is 6.19. The van der Waals surface area contributed by atoms with Crippen LogP contribution in [-0.4, -0.2) is 84.5 Å². The molecule has 0 spiro atoms. The van der Waals surface area contributed by atoms with Crippen LogP contribution in [0.5, 0.6) is 5.75 Å². The molecule has 4 aromatic carbocycles. The number of amides is 5. The maximum Gasteiger partial charge on any atom is 0.323 e. The number of nitrogens with zero attached hydrogens (tertiary/aromatic N) is 2. The number of hydrogen-bond donors (Lipinski definition) is 4. The van der Waals surface area contributed by atoms with Crippen molar-refractivity contribution in [1.82, 2.24) is 9.80 Å². The van der Waals surface area contributed by atoms with Gasteiger partial charge in [-0.05, 0) is 87.0 Å². The van der Waals surface area contributed by atoms with Gasteiger partial charge in [0, 0.05) is 49.4 Å². The lowest BCUT2D eigenvalue weighted by atomic mass is 10.0. The van der Waals surface area contributed by atoms with E-state index in [9.17, 15) is 23.9 Å². The normalized spacial score (nSPS) is 19.1. The van der Waals surface area contributed by atoms with Crippen LogP contribution >= 0.6 is 0 Å². The quantitative estimate of drug-likeness (QED) is 0.156. The van der Waals surface area contributed by atoms with Crippen LogP contribution in [0.25, 0.3) is 10.8 Å². The predicted molar refractivity (Wildman–Crippen MR) is 202 cm³/mol. The van der Waals surface area contributed by atoms with Gasteiger partial charge >= 0.3 is 12.1 Å². The number of nitrogens with one attached hydrogen (secondary N) is 3. The number of hydrogen-bond acceptors (Lipinski definition) is 6. The zero-order valence-electron chi connectivity index (χ0n) is 30.1. The molecular weight excluding hydrogens is 665 g/mol. The Balaban J connectivity index is 1.36. The predicted octanol–water partition coefficient (Wildman–Crippen LogP) is 7.58. The molecule has 5 amide bonds. The smallest absolute Gasteiger partial charge is 0.323 e. The topological polar surface area (TPSA) is 132 Å². The first-order valence-corrected chi connectivity index (χ1v) is 17.7. The van der Waals surface area contributed by atoms with Crippen molar-refractivity contribution in [2.24, 2.45) is 5.92 Å². The fraction of sp³-hybridized carbons (Fsp3) is 0.375. The number of ether oxygens (including phenoxy) is 2. The molecule has 4 atom stereocenters. The zero-order chi connectivity index (χ0) is 37.2. The molecular formula is C40H48FN5O6. The Kier molecular flexibility index (Phi) is 13.0. The molecule has 5 rings (SSSR count). The van der Waals surface area contributed by atoms with E-state index in [1.54, 1.807) is 42.0 Å². The molecule has 276 valence electrons. The number of aliphatic hydroxyl groups excluding tert-OH is 1. The molecule has 0 aromatic heterocycles. The molecule has 0 unspecified atom stereocenters. The number of fused-ring (bicyclic) bond motifs is 2. The summed E-state index contributed by atoms with van der Waals surface area (Å²) in [6, 6.07) is 22.4. The van der Waals surface area contributed by atoms with Gasteiger partial charge in [0.1, 0.15) is 11.6 Å². The Hall–Kier alpha value is -5.20. The molecule has 0 radical (unpaired) electrons. The minimum atomic E-state index is -0.572. The van der Waals surface area contributed by atoms with Crippen LogP contribution in [0.1, 0.15) is 50.4 Å². The molecule has 1 heterocycles. The average molecular weight is 714 g/mol. The van der Waals surface area contributed by atoms with E-state index in [4.69, 9.17) is 9.47 Å². The highest BCUT2D eigenvalue weighted by molar-refractivity contribution is 6.03. The Morgan fingerprint density at radius 1 is 0.962 bits per heavy atom. The first-order valence-electron chi connectivity index (χ1n) is 17.7. The summed E-state index contributed by atoms with van der Waals surface area (Å²) < 4.78 is 26.0. The summed E-state index contributed by atoms with van der Waals surface area (Å²) in [4.78, 5) is 43.9. The van der Waals surface area contributed by atoms with Crippen molar-refractivity contribution in [2.75, 3.05) is 49.3 Å². The average Bonchev–Trinajstić information content (AvgIpc) is 3.13. The van der Waals surface area contributed by atoms with Gasteiger partial charge in [0.15, 0.2) is 0 Å². The zero-order valence-corrected chi connectivity index (χ0v) is 30.1. The number of aliphatic hydroxyl groups is 1. The van der Waals surface area contributed by atoms with Crippen LogP contribution in [-0.2, 0) is 4.74 Å². The number of urea groups is 2. The monoisotopic (exact) mass is 713 g/mol. The first-order chi connectivity index (χ1) is 25.0. The van der Waals surface area contributed by atoms with Gasteiger partial charge in [0.25, 0.3) is 5.91 Å². The standard InChI is InChI=1S/C40H48FN5O6/c1-26-23-46(27(2)25-47)38(48)34-22-32(43-39(49)42-31-17-15-30(41)16-18-31)19-20-36(34)52-28(3)10-7-8-21-51-37(26)24-45(4)40(50)44-35-14-9-12-29-11-5-6-13-33(29)35/h5-6,9,11-20,22,26-28,37,47H,7-8,10,21,23-25H2,1-4H3,(H,44,50)(H2,42,43,49)/t26-,27+,28-,37-/m1/s1. The van der Waals surface area contributed by atoms with E-state index in [1.165, 1.54) is 24.3 Å². The molecule has 0 saturated heterocycles. The number of halogens is 1. The Bertz CT molecular complexity index is 1830. The van der Waals surface area contributed by atoms with Gasteiger partial charge in [-0.15, -0.1) is 0 Å². The van der Waals surface area contributed by atoms with Crippen molar-refractivity contribution < 1.29 is 33.4 Å². The first kappa shape index (κ1) is 38.0. The number of rotatable bonds is 7. The van der Waals surface area contributed by atoms with Crippen molar-refractivity contribution in [3.05, 3.63) is 96.3 Å². The summed E-state index contributed by atoms with van der Waals surface area (Å²) in [6.45, 7) is 6.31. The minimum Gasteiger partial charge on any atom is -0.490 e. The highest BCUT2D eigenvalue weighted by atomic mass is 19.1. The molecule has 1 aliphatic heterocycles. The molecule has 4 N–H and O–H groups in total. The lowest BCUT2D eigenvalue weighted by Gasteiger charge is -2.35. The molecule has 52 heavy (non-hydrogen) atoms. The number of carbonyl (C=O) groups excluding carboxylic acids is 3. The molecule has 4 aromatic rings. The molecule has 12 heteroatoms. The van der Waals surface area contributed by atoms with Crippen LogP contribution < -0.4 is 20.7 Å². The third-order valence-electron chi connectivity index (χ3n) is 9.24. The fourth-order valence-electron chi connectivity index (χ4n) is 6.19. The van der Waals surface area contributed by atoms with Gasteiger partial charge in [-0.25, -0.2) is 14.0 Å². The van der Waals surface area contributed by atoms with Gasteiger partial charge in [-0.3, -0.25) is 4.79 Å². The summed E-state index contributed by atoms with van der Waals surface area (Å²) in [5, 5.41) is 20.7. The second-order valence-corrected chi connectivity index (χ2v) is 13.4. The second kappa shape index (κ2) is 17.8. The van der Waals surface area contributed by atoms with Crippen molar-refractivity contribution in [3.63, 3.8) is 0 Å². The van der Waals surface area contributed by atoms with Crippen LogP contribution in [0.2, 0.25) is 0 Å². The molecule has 11 nitrogen and oxygen atoms in total. The van der Waals surface area contributed by atoms with E-state index < -0.39 is 29.9 Å². The van der Waals surface area contributed by atoms with E-state index in [1.807, 2.05) is 56.3 Å². The Morgan fingerprint density at radius 3 is 2.44 bits per heavy atom. The Morgan fingerprint density at radius 2 is 1.67 bits per heavy atom. The maximum atomic E-state index is 14.4. The van der Waals surface area contributed by atoms with E-state index in [0.29, 0.717) is 35.8 Å². The lowest BCUT2D eigenvalue weighted by molar-refractivity contribution is -0.0115. The summed E-state index contributed by atoms with van der Waals surface area (Å²) in [7, 11) is 1.72. The van der Waals surface area contributed by atoms with Gasteiger partial charge in [0.05, 0.1) is 36.1 Å². The second-order valence-electron chi connectivity index (χ2n) is 13.4. The van der Waals surface area contributed by atoms with Crippen LogP contribution in [0.15, 0.2) is 84.9 Å². The van der Waals surface area contributed by atoms with Crippen LogP contribution in [0, 0.1) is 11.7 Å². The highest BCUT2D eigenvalue weighted by Crippen LogP contribution is 2.29. The minimum absolute atomic E-state index is 0.210. The maximum absolute atomic E-state index is 14.4. The highest BCUT2D eigenvalue weighted by Gasteiger charge is 2.31. The summed E-state index contributed by atoms with van der Waals surface area (Å²) >= 11 is 0. The molecule has 0 fully saturated rings.